The molecule has 4 heteroatoms. The van der Waals surface area contributed by atoms with Crippen LogP contribution in [-0.4, -0.2) is 30.4 Å². The highest BCUT2D eigenvalue weighted by atomic mass is 127. The van der Waals surface area contributed by atoms with Gasteiger partial charge in [0.15, 0.2) is 0 Å². The molecule has 1 aliphatic rings. The second-order valence-corrected chi connectivity index (χ2v) is 3.55. The Hall–Kier alpha value is -0.100. The molecule has 68 valence electrons. The number of carbonyl (C=O) groups excluding carboxylic acids is 1. The highest BCUT2D eigenvalue weighted by Crippen LogP contribution is 2.15. The van der Waals surface area contributed by atoms with E-state index in [1.807, 2.05) is 28.9 Å². The van der Waals surface area contributed by atoms with Gasteiger partial charge in [-0.1, -0.05) is 6.08 Å². The number of nitrogens with one attached hydrogen (secondary N) is 1. The summed E-state index contributed by atoms with van der Waals surface area (Å²) in [5.41, 5.74) is 0. The number of likely N-dealkylation sites (tertiary alicyclic amines) is 1. The van der Waals surface area contributed by atoms with Gasteiger partial charge in [0.1, 0.15) is 0 Å². The smallest absolute Gasteiger partial charge is 0.252 e. The zero-order valence-electron chi connectivity index (χ0n) is 7.09. The molecule has 0 aliphatic carbocycles. The zero-order valence-corrected chi connectivity index (χ0v) is 9.24. The second kappa shape index (κ2) is 4.81. The van der Waals surface area contributed by atoms with E-state index in [0.717, 1.165) is 6.54 Å². The van der Waals surface area contributed by atoms with Crippen molar-refractivity contribution >= 4 is 28.8 Å². The lowest BCUT2D eigenvalue weighted by atomic mass is 10.2. The van der Waals surface area contributed by atoms with Crippen LogP contribution in [0.25, 0.3) is 0 Å². The van der Waals surface area contributed by atoms with Crippen LogP contribution in [0.15, 0.2) is 12.2 Å². The van der Waals surface area contributed by atoms with Crippen LogP contribution in [0.1, 0.15) is 12.8 Å². The quantitative estimate of drug-likeness (QED) is 0.467. The van der Waals surface area contributed by atoms with E-state index in [9.17, 15) is 4.79 Å². The molecule has 12 heavy (non-hydrogen) atoms. The van der Waals surface area contributed by atoms with Gasteiger partial charge < -0.3 is 0 Å². The van der Waals surface area contributed by atoms with E-state index in [-0.39, 0.29) is 5.91 Å². The SMILES string of the molecule is CN1CCCC1/C=C/C(=O)NI. The third-order valence-electron chi connectivity index (χ3n) is 2.14. The molecule has 0 aromatic carbocycles. The lowest BCUT2D eigenvalue weighted by Crippen LogP contribution is -2.23. The number of hydrogen-bond acceptors (Lipinski definition) is 2. The van der Waals surface area contributed by atoms with Gasteiger partial charge in [0.2, 0.25) is 0 Å². The molecule has 1 rings (SSSR count). The number of rotatable bonds is 2. The minimum atomic E-state index is -0.0316. The Kier molecular flexibility index (Phi) is 4.00. The first-order valence-corrected chi connectivity index (χ1v) is 5.11. The largest absolute Gasteiger partial charge is 0.300 e. The Balaban J connectivity index is 2.39. The van der Waals surface area contributed by atoms with Crippen molar-refractivity contribution in [1.29, 1.82) is 0 Å². The number of hydrogen-bond donors (Lipinski definition) is 1. The monoisotopic (exact) mass is 280 g/mol. The van der Waals surface area contributed by atoms with Crippen LogP contribution in [0.2, 0.25) is 0 Å². The summed E-state index contributed by atoms with van der Waals surface area (Å²) in [5, 5.41) is 0. The molecule has 0 bridgehead atoms. The van der Waals surface area contributed by atoms with Crippen molar-refractivity contribution in [1.82, 2.24) is 8.43 Å². The second-order valence-electron chi connectivity index (χ2n) is 3.01. The van der Waals surface area contributed by atoms with Gasteiger partial charge in [-0.15, -0.1) is 0 Å². The molecule has 0 spiro atoms. The Morgan fingerprint density at radius 3 is 3.00 bits per heavy atom. The Morgan fingerprint density at radius 2 is 2.50 bits per heavy atom. The van der Waals surface area contributed by atoms with Gasteiger partial charge in [-0.05, 0) is 26.4 Å². The molecule has 1 aliphatic heterocycles. The summed E-state index contributed by atoms with van der Waals surface area (Å²) >= 11 is 1.84. The molecule has 1 unspecified atom stereocenters. The average molecular weight is 280 g/mol. The summed E-state index contributed by atoms with van der Waals surface area (Å²) in [7, 11) is 2.09. The molecule has 1 heterocycles. The lowest BCUT2D eigenvalue weighted by molar-refractivity contribution is -0.114. The van der Waals surface area contributed by atoms with Crippen LogP contribution in [0.3, 0.4) is 0 Å². The first kappa shape index (κ1) is 9.98. The van der Waals surface area contributed by atoms with Gasteiger partial charge in [-0.3, -0.25) is 13.2 Å². The number of amides is 1. The van der Waals surface area contributed by atoms with Crippen molar-refractivity contribution in [2.45, 2.75) is 18.9 Å². The predicted molar refractivity (Wildman–Crippen MR) is 57.0 cm³/mol. The van der Waals surface area contributed by atoms with E-state index < -0.39 is 0 Å². The maximum atomic E-state index is 10.9. The van der Waals surface area contributed by atoms with Gasteiger partial charge in [0.05, 0.1) is 22.9 Å². The van der Waals surface area contributed by atoms with Gasteiger partial charge in [-0.2, -0.15) is 0 Å². The molecule has 0 radical (unpaired) electrons. The zero-order chi connectivity index (χ0) is 8.97. The summed E-state index contributed by atoms with van der Waals surface area (Å²) in [6, 6.07) is 0.457. The van der Waals surface area contributed by atoms with Crippen LogP contribution < -0.4 is 3.53 Å². The summed E-state index contributed by atoms with van der Waals surface area (Å²) in [6.07, 6.45) is 5.98. The van der Waals surface area contributed by atoms with Crippen molar-refractivity contribution in [3.8, 4) is 0 Å². The summed E-state index contributed by atoms with van der Waals surface area (Å²) in [4.78, 5) is 13.1. The first-order valence-electron chi connectivity index (χ1n) is 4.03. The van der Waals surface area contributed by atoms with Gasteiger partial charge in [-0.25, -0.2) is 0 Å². The van der Waals surface area contributed by atoms with Gasteiger partial charge >= 0.3 is 0 Å². The summed E-state index contributed by atoms with van der Waals surface area (Å²) in [6.45, 7) is 1.14. The Morgan fingerprint density at radius 1 is 1.75 bits per heavy atom. The van der Waals surface area contributed by atoms with Crippen molar-refractivity contribution in [2.75, 3.05) is 13.6 Å². The predicted octanol–water partition coefficient (Wildman–Crippen LogP) is 1.10. The topological polar surface area (TPSA) is 32.3 Å². The fourth-order valence-corrected chi connectivity index (χ4v) is 1.59. The minimum Gasteiger partial charge on any atom is -0.300 e. The molecule has 0 aromatic rings. The van der Waals surface area contributed by atoms with E-state index in [4.69, 9.17) is 0 Å². The third-order valence-corrected chi connectivity index (χ3v) is 2.67. The van der Waals surface area contributed by atoms with E-state index >= 15 is 0 Å². The van der Waals surface area contributed by atoms with Crippen LogP contribution in [0.5, 0.6) is 0 Å². The molecular weight excluding hydrogens is 267 g/mol. The van der Waals surface area contributed by atoms with Gasteiger partial charge in [0.25, 0.3) is 5.91 Å². The normalized spacial score (nSPS) is 25.0. The minimum absolute atomic E-state index is 0.0316. The highest BCUT2D eigenvalue weighted by molar-refractivity contribution is 14.1. The number of halogens is 1. The Labute approximate surface area is 86.7 Å². The van der Waals surface area contributed by atoms with Crippen LogP contribution in [0, 0.1) is 0 Å². The van der Waals surface area contributed by atoms with Gasteiger partial charge in [0, 0.05) is 12.1 Å². The maximum absolute atomic E-state index is 10.9. The average Bonchev–Trinajstić information content (AvgIpc) is 2.47. The van der Waals surface area contributed by atoms with Crippen molar-refractivity contribution in [2.24, 2.45) is 0 Å². The third kappa shape index (κ3) is 2.75. The van der Waals surface area contributed by atoms with Crippen molar-refractivity contribution < 1.29 is 4.79 Å². The molecule has 1 saturated heterocycles. The summed E-state index contributed by atoms with van der Waals surface area (Å²) < 4.78 is 2.53. The van der Waals surface area contributed by atoms with Crippen LogP contribution in [0.4, 0.5) is 0 Å². The molecule has 0 saturated carbocycles. The molecular formula is C8H13IN2O. The first-order chi connectivity index (χ1) is 5.74. The molecule has 1 atom stereocenters. The van der Waals surface area contributed by atoms with Crippen LogP contribution >= 0.6 is 22.9 Å². The molecule has 1 amide bonds. The molecule has 1 N–H and O–H groups in total. The Bertz CT molecular complexity index is 193. The molecule has 0 aromatic heterocycles. The fourth-order valence-electron chi connectivity index (χ4n) is 1.41. The van der Waals surface area contributed by atoms with E-state index in [1.165, 1.54) is 12.8 Å². The molecule has 1 fully saturated rings. The van der Waals surface area contributed by atoms with E-state index in [2.05, 4.69) is 15.5 Å². The lowest BCUT2D eigenvalue weighted by Gasteiger charge is -2.14. The van der Waals surface area contributed by atoms with E-state index in [1.54, 1.807) is 6.08 Å². The van der Waals surface area contributed by atoms with Crippen molar-refractivity contribution in [3.63, 3.8) is 0 Å². The standard InChI is InChI=1S/C8H13IN2O/c1-11-6-2-3-7(11)4-5-8(12)10-9/h4-5,7H,2-3,6H2,1H3,(H,10,12)/b5-4+. The van der Waals surface area contributed by atoms with E-state index in [0.29, 0.717) is 6.04 Å². The number of likely N-dealkylation sites (N-methyl/N-ethyl adjacent to an activating group) is 1. The summed E-state index contributed by atoms with van der Waals surface area (Å²) in [5.74, 6) is -0.0316. The fraction of sp³-hybridized carbons (Fsp3) is 0.625. The highest BCUT2D eigenvalue weighted by Gasteiger charge is 2.17. The van der Waals surface area contributed by atoms with Crippen molar-refractivity contribution in [3.05, 3.63) is 12.2 Å². The maximum Gasteiger partial charge on any atom is 0.252 e. The van der Waals surface area contributed by atoms with Crippen LogP contribution in [-0.2, 0) is 4.79 Å². The number of nitrogens with zero attached hydrogens (tertiary/aromatic N) is 1. The number of carbonyl (C=O) groups is 1. The molecule has 3 nitrogen and oxygen atoms in total.